The predicted molar refractivity (Wildman–Crippen MR) is 118 cm³/mol. The summed E-state index contributed by atoms with van der Waals surface area (Å²) >= 11 is 0. The molecule has 27 heavy (non-hydrogen) atoms. The quantitative estimate of drug-likeness (QED) is 0.409. The molecule has 0 bridgehead atoms. The Morgan fingerprint density at radius 2 is 1.59 bits per heavy atom. The van der Waals surface area contributed by atoms with Crippen molar-refractivity contribution < 1.29 is 4.79 Å². The van der Waals surface area contributed by atoms with E-state index >= 15 is 0 Å². The fourth-order valence-electron chi connectivity index (χ4n) is 1.73. The van der Waals surface area contributed by atoms with Gasteiger partial charge in [0, 0.05) is 29.4 Å². The highest BCUT2D eigenvalue weighted by Crippen LogP contribution is 2.16. The third-order valence-electron chi connectivity index (χ3n) is 2.96. The monoisotopic (exact) mass is 373 g/mol. The Morgan fingerprint density at radius 3 is 2.07 bits per heavy atom. The molecule has 0 amide bonds. The maximum atomic E-state index is 10.1. The van der Waals surface area contributed by atoms with Crippen LogP contribution < -0.4 is 11.1 Å². The number of pyridine rings is 1. The van der Waals surface area contributed by atoms with Crippen LogP contribution in [-0.2, 0) is 0 Å². The largest absolute Gasteiger partial charge is 0.399 e. The number of fused-ring (bicyclic) bond motifs is 1. The van der Waals surface area contributed by atoms with Crippen molar-refractivity contribution in [2.45, 2.75) is 48.5 Å². The van der Waals surface area contributed by atoms with Crippen molar-refractivity contribution in [1.29, 1.82) is 0 Å². The number of aryl methyl sites for hydroxylation is 1. The molecular formula is C21H35N5O. The number of nitrogens with two attached hydrogens (primary N) is 1. The summed E-state index contributed by atoms with van der Waals surface area (Å²) in [5.74, 6) is 0. The fourth-order valence-corrected chi connectivity index (χ4v) is 1.73. The van der Waals surface area contributed by atoms with E-state index in [0.29, 0.717) is 11.3 Å². The van der Waals surface area contributed by atoms with Gasteiger partial charge in [0.25, 0.3) is 0 Å². The van der Waals surface area contributed by atoms with Crippen molar-refractivity contribution >= 4 is 28.7 Å². The smallest absolute Gasteiger partial charge is 0.181 e. The van der Waals surface area contributed by atoms with E-state index in [-0.39, 0.29) is 0 Å². The molecule has 0 aliphatic rings. The van der Waals surface area contributed by atoms with Crippen molar-refractivity contribution in [1.82, 2.24) is 15.2 Å². The van der Waals surface area contributed by atoms with Gasteiger partial charge in [0.1, 0.15) is 6.29 Å². The minimum atomic E-state index is 0.657. The molecule has 150 valence electrons. The van der Waals surface area contributed by atoms with Gasteiger partial charge in [-0.3, -0.25) is 9.89 Å². The lowest BCUT2D eigenvalue weighted by molar-refractivity contribution is 0.112. The van der Waals surface area contributed by atoms with Crippen LogP contribution in [0.5, 0.6) is 0 Å². The minimum Gasteiger partial charge on any atom is -0.399 e. The number of nitrogens with one attached hydrogen (secondary N) is 2. The number of H-pyrrole nitrogens is 1. The van der Waals surface area contributed by atoms with Crippen LogP contribution in [0, 0.1) is 6.92 Å². The van der Waals surface area contributed by atoms with Crippen LogP contribution in [0.25, 0.3) is 11.0 Å². The zero-order valence-electron chi connectivity index (χ0n) is 17.9. The van der Waals surface area contributed by atoms with E-state index in [2.05, 4.69) is 20.5 Å². The highest BCUT2D eigenvalue weighted by molar-refractivity contribution is 5.80. The zero-order chi connectivity index (χ0) is 21.2. The molecule has 0 unspecified atom stereocenters. The molecule has 0 saturated carbocycles. The van der Waals surface area contributed by atoms with Gasteiger partial charge in [-0.15, -0.1) is 0 Å². The minimum absolute atomic E-state index is 0.657. The Kier molecular flexibility index (Phi) is 16.2. The van der Waals surface area contributed by atoms with Gasteiger partial charge in [0.15, 0.2) is 5.65 Å². The SMILES string of the molecule is CC.CC.CC.CNc1cnc2n[nH]c(C)c2c1.Nc1ccc(C=O)cc1. The second-order valence-corrected chi connectivity index (χ2v) is 4.48. The lowest BCUT2D eigenvalue weighted by atomic mass is 10.2. The van der Waals surface area contributed by atoms with E-state index < -0.39 is 0 Å². The number of anilines is 2. The Bertz CT molecular complexity index is 736. The molecule has 0 radical (unpaired) electrons. The van der Waals surface area contributed by atoms with Gasteiger partial charge in [-0.25, -0.2) is 4.98 Å². The number of nitrogen functional groups attached to an aromatic ring is 1. The van der Waals surface area contributed by atoms with Crippen LogP contribution in [0.2, 0.25) is 0 Å². The van der Waals surface area contributed by atoms with Crippen LogP contribution >= 0.6 is 0 Å². The Labute approximate surface area is 163 Å². The topological polar surface area (TPSA) is 96.7 Å². The standard InChI is InChI=1S/C8H10N4.C7H7NO.3C2H6/c1-5-7-3-6(9-2)4-10-8(7)12-11-5;8-7-3-1-6(5-9)2-4-7;3*1-2/h3-4,9H,1-2H3,(H,10,11,12);1-5H,8H2;3*1-2H3. The summed E-state index contributed by atoms with van der Waals surface area (Å²) in [4.78, 5) is 14.2. The van der Waals surface area contributed by atoms with E-state index in [9.17, 15) is 4.79 Å². The molecule has 3 aromatic rings. The first kappa shape index (κ1) is 26.3. The maximum Gasteiger partial charge on any atom is 0.181 e. The fraction of sp³-hybridized carbons (Fsp3) is 0.381. The van der Waals surface area contributed by atoms with Gasteiger partial charge in [-0.05, 0) is 37.3 Å². The zero-order valence-corrected chi connectivity index (χ0v) is 17.9. The second-order valence-electron chi connectivity index (χ2n) is 4.48. The molecular weight excluding hydrogens is 338 g/mol. The molecule has 4 N–H and O–H groups in total. The number of hydrogen-bond donors (Lipinski definition) is 3. The summed E-state index contributed by atoms with van der Waals surface area (Å²) in [6.45, 7) is 14.0. The van der Waals surface area contributed by atoms with Crippen LogP contribution in [0.3, 0.4) is 0 Å². The van der Waals surface area contributed by atoms with E-state index in [1.165, 1.54) is 0 Å². The molecule has 0 saturated heterocycles. The first-order valence-corrected chi connectivity index (χ1v) is 9.43. The van der Waals surface area contributed by atoms with Gasteiger partial charge < -0.3 is 11.1 Å². The average molecular weight is 374 g/mol. The summed E-state index contributed by atoms with van der Waals surface area (Å²) in [6, 6.07) is 8.79. The molecule has 3 rings (SSSR count). The molecule has 0 atom stereocenters. The van der Waals surface area contributed by atoms with Gasteiger partial charge in [-0.2, -0.15) is 5.10 Å². The molecule has 0 aliphatic heterocycles. The van der Waals surface area contributed by atoms with Gasteiger partial charge in [-0.1, -0.05) is 41.5 Å². The van der Waals surface area contributed by atoms with Crippen molar-refractivity contribution in [3.8, 4) is 0 Å². The number of aromatic nitrogens is 3. The molecule has 0 fully saturated rings. The first-order chi connectivity index (χ1) is 13.1. The van der Waals surface area contributed by atoms with E-state index in [0.717, 1.165) is 28.7 Å². The predicted octanol–water partition coefficient (Wildman–Crippen LogP) is 5.47. The molecule has 2 aromatic heterocycles. The van der Waals surface area contributed by atoms with Crippen molar-refractivity contribution in [3.05, 3.63) is 47.8 Å². The third-order valence-corrected chi connectivity index (χ3v) is 2.96. The average Bonchev–Trinajstić information content (AvgIpc) is 3.13. The van der Waals surface area contributed by atoms with Crippen LogP contribution in [0.1, 0.15) is 57.6 Å². The normalized spacial score (nSPS) is 8.30. The molecule has 6 heteroatoms. The summed E-state index contributed by atoms with van der Waals surface area (Å²) < 4.78 is 0. The molecule has 6 nitrogen and oxygen atoms in total. The highest BCUT2D eigenvalue weighted by Gasteiger charge is 2.01. The van der Waals surface area contributed by atoms with Gasteiger partial charge in [0.2, 0.25) is 0 Å². The number of aromatic amines is 1. The van der Waals surface area contributed by atoms with Crippen LogP contribution in [-0.4, -0.2) is 28.5 Å². The molecule has 0 aliphatic carbocycles. The Balaban J connectivity index is 0. The van der Waals surface area contributed by atoms with E-state index in [1.807, 2.05) is 61.6 Å². The van der Waals surface area contributed by atoms with E-state index in [1.54, 1.807) is 30.5 Å². The van der Waals surface area contributed by atoms with Crippen molar-refractivity contribution in [2.24, 2.45) is 0 Å². The van der Waals surface area contributed by atoms with Gasteiger partial charge >= 0.3 is 0 Å². The summed E-state index contributed by atoms with van der Waals surface area (Å²) in [5.41, 5.74) is 9.53. The Morgan fingerprint density at radius 1 is 1.04 bits per heavy atom. The summed E-state index contributed by atoms with van der Waals surface area (Å²) in [6.07, 6.45) is 2.56. The van der Waals surface area contributed by atoms with Crippen LogP contribution in [0.4, 0.5) is 11.4 Å². The lowest BCUT2D eigenvalue weighted by Crippen LogP contribution is -1.88. The molecule has 0 spiro atoms. The summed E-state index contributed by atoms with van der Waals surface area (Å²) in [7, 11) is 1.87. The third kappa shape index (κ3) is 9.39. The maximum absolute atomic E-state index is 10.1. The second kappa shape index (κ2) is 16.6. The summed E-state index contributed by atoms with van der Waals surface area (Å²) in [5, 5.41) is 11.0. The number of hydrogen-bond acceptors (Lipinski definition) is 5. The van der Waals surface area contributed by atoms with Crippen LogP contribution in [0.15, 0.2) is 36.5 Å². The number of carbonyl (C=O) groups excluding carboxylic acids is 1. The number of aldehydes is 1. The highest BCUT2D eigenvalue weighted by atomic mass is 16.1. The number of carbonyl (C=O) groups is 1. The number of benzene rings is 1. The van der Waals surface area contributed by atoms with Gasteiger partial charge in [0.05, 0.1) is 11.9 Å². The number of rotatable bonds is 2. The number of nitrogens with zero attached hydrogens (tertiary/aromatic N) is 2. The Hall–Kier alpha value is -2.89. The van der Waals surface area contributed by atoms with Crippen molar-refractivity contribution in [2.75, 3.05) is 18.1 Å². The van der Waals surface area contributed by atoms with E-state index in [4.69, 9.17) is 5.73 Å². The molecule has 1 aromatic carbocycles. The first-order valence-electron chi connectivity index (χ1n) is 9.43. The van der Waals surface area contributed by atoms with Crippen molar-refractivity contribution in [3.63, 3.8) is 0 Å². The molecule has 2 heterocycles. The lowest BCUT2D eigenvalue weighted by Gasteiger charge is -1.97.